The molecule has 3 N–H and O–H groups in total. The van der Waals surface area contributed by atoms with Crippen molar-refractivity contribution in [3.63, 3.8) is 0 Å². The number of benzene rings is 2. The van der Waals surface area contributed by atoms with Crippen LogP contribution in [0.5, 0.6) is 17.4 Å². The van der Waals surface area contributed by atoms with Crippen molar-refractivity contribution in [2.45, 2.75) is 25.4 Å². The molecule has 0 spiro atoms. The van der Waals surface area contributed by atoms with Crippen molar-refractivity contribution in [1.82, 2.24) is 20.2 Å². The lowest BCUT2D eigenvalue weighted by Crippen LogP contribution is -2.35. The van der Waals surface area contributed by atoms with Gasteiger partial charge in [0.25, 0.3) is 0 Å². The Bertz CT molecular complexity index is 1670. The van der Waals surface area contributed by atoms with Crippen molar-refractivity contribution in [2.24, 2.45) is 0 Å². The summed E-state index contributed by atoms with van der Waals surface area (Å²) in [6.45, 7) is 3.46. The van der Waals surface area contributed by atoms with Crippen LogP contribution in [0.4, 0.5) is 17.1 Å². The van der Waals surface area contributed by atoms with Gasteiger partial charge in [-0.1, -0.05) is 18.2 Å². The molecule has 10 heteroatoms. The van der Waals surface area contributed by atoms with Gasteiger partial charge in [-0.2, -0.15) is 5.26 Å². The monoisotopic (exact) mass is 575 g/mol. The van der Waals surface area contributed by atoms with Crippen molar-refractivity contribution in [2.75, 3.05) is 43.9 Å². The first kappa shape index (κ1) is 28.2. The number of carbonyl (C=O) groups excluding carboxylic acids is 1. The van der Waals surface area contributed by atoms with E-state index in [9.17, 15) is 10.1 Å². The molecule has 0 unspecified atom stereocenters. The summed E-state index contributed by atoms with van der Waals surface area (Å²) in [4.78, 5) is 24.3. The molecule has 2 aliphatic rings. The molecule has 0 atom stereocenters. The molecule has 0 bridgehead atoms. The van der Waals surface area contributed by atoms with Gasteiger partial charge in [0.2, 0.25) is 11.8 Å². The number of likely N-dealkylation sites (tertiary alicyclic amines) is 1. The third kappa shape index (κ3) is 6.92. The highest BCUT2D eigenvalue weighted by Gasteiger charge is 2.22. The van der Waals surface area contributed by atoms with E-state index < -0.39 is 0 Å². The summed E-state index contributed by atoms with van der Waals surface area (Å²) in [5.41, 5.74) is 3.81. The van der Waals surface area contributed by atoms with E-state index in [1.807, 2.05) is 48.5 Å². The van der Waals surface area contributed by atoms with E-state index in [-0.39, 0.29) is 12.0 Å². The maximum Gasteiger partial charge on any atom is 0.248 e. The van der Waals surface area contributed by atoms with Crippen LogP contribution in [-0.4, -0.2) is 60.1 Å². The average Bonchev–Trinajstić information content (AvgIpc) is 3.53. The minimum Gasteiger partial charge on any atom is -0.488 e. The normalized spacial score (nSPS) is 16.6. The molecule has 4 heterocycles. The summed E-state index contributed by atoms with van der Waals surface area (Å²) in [5.74, 6) is 1.48. The Morgan fingerprint density at radius 2 is 1.95 bits per heavy atom. The Kier molecular flexibility index (Phi) is 8.45. The van der Waals surface area contributed by atoms with Gasteiger partial charge in [-0.15, -0.1) is 0 Å². The number of hydrogen-bond acceptors (Lipinski definition) is 9. The lowest BCUT2D eigenvalue weighted by molar-refractivity contribution is -0.112. The summed E-state index contributed by atoms with van der Waals surface area (Å²) in [7, 11) is 2.11. The maximum absolute atomic E-state index is 13.1. The fourth-order valence-electron chi connectivity index (χ4n) is 5.25. The number of rotatable bonds is 8. The van der Waals surface area contributed by atoms with Crippen LogP contribution in [0.3, 0.4) is 0 Å². The quantitative estimate of drug-likeness (QED) is 0.238. The van der Waals surface area contributed by atoms with E-state index in [4.69, 9.17) is 9.47 Å². The molecule has 218 valence electrons. The third-order valence-electron chi connectivity index (χ3n) is 7.59. The van der Waals surface area contributed by atoms with Crippen LogP contribution < -0.4 is 25.4 Å². The topological polar surface area (TPSA) is 124 Å². The van der Waals surface area contributed by atoms with Gasteiger partial charge in [0.1, 0.15) is 23.7 Å². The van der Waals surface area contributed by atoms with E-state index in [0.717, 1.165) is 44.5 Å². The fourth-order valence-corrected chi connectivity index (χ4v) is 5.25. The molecular weight excluding hydrogens is 542 g/mol. The Balaban J connectivity index is 1.32. The molecule has 2 aromatic carbocycles. The molecular formula is C33H33N7O3. The highest BCUT2D eigenvalue weighted by molar-refractivity contribution is 6.05. The predicted octanol–water partition coefficient (Wildman–Crippen LogP) is 5.37. The van der Waals surface area contributed by atoms with Gasteiger partial charge < -0.3 is 30.3 Å². The molecule has 1 amide bonds. The number of fused-ring (bicyclic) bond motifs is 1. The van der Waals surface area contributed by atoms with Gasteiger partial charge in [0, 0.05) is 49.4 Å². The zero-order chi connectivity index (χ0) is 29.6. The molecule has 0 radical (unpaired) electrons. The second kappa shape index (κ2) is 12.9. The molecule has 2 saturated heterocycles. The van der Waals surface area contributed by atoms with Crippen molar-refractivity contribution in [1.29, 1.82) is 5.26 Å². The second-order valence-corrected chi connectivity index (χ2v) is 10.8. The number of pyridine rings is 2. The van der Waals surface area contributed by atoms with Crippen LogP contribution in [0.1, 0.15) is 24.8 Å². The molecule has 4 aromatic rings. The first-order valence-electron chi connectivity index (χ1n) is 14.4. The predicted molar refractivity (Wildman–Crippen MR) is 166 cm³/mol. The number of nitriles is 1. The standard InChI is InChI=1S/C33H33N7O3/c1-40-13-10-26(11-14-40)42-30-17-28-27(16-29(30)39-31(41)15-22-9-12-35-19-22)33(23(18-34)20-36-28)38-24-7-8-32(37-21-24)43-25-5-3-2-4-6-25/h2-8,15-17,20-21,26,35H,9-14,19H2,1H3,(H,36,38)(H,39,41). The van der Waals surface area contributed by atoms with Gasteiger partial charge in [-0.3, -0.25) is 9.78 Å². The number of para-hydroxylation sites is 1. The van der Waals surface area contributed by atoms with Crippen LogP contribution in [0.2, 0.25) is 0 Å². The number of piperidine rings is 1. The SMILES string of the molecule is CN1CCC(Oc2cc3ncc(C#N)c(Nc4ccc(Oc5ccccc5)nc4)c3cc2NC(=O)C=C2CCNC2)CC1. The molecule has 6 rings (SSSR count). The van der Waals surface area contributed by atoms with E-state index in [2.05, 4.69) is 43.9 Å². The van der Waals surface area contributed by atoms with Gasteiger partial charge in [0.15, 0.2) is 0 Å². The van der Waals surface area contributed by atoms with Gasteiger partial charge >= 0.3 is 0 Å². The lowest BCUT2D eigenvalue weighted by atomic mass is 10.1. The Morgan fingerprint density at radius 3 is 2.67 bits per heavy atom. The fraction of sp³-hybridized carbons (Fsp3) is 0.273. The number of hydrogen-bond donors (Lipinski definition) is 3. The summed E-state index contributed by atoms with van der Waals surface area (Å²) in [5, 5.41) is 20.3. The molecule has 2 aromatic heterocycles. The van der Waals surface area contributed by atoms with Crippen molar-refractivity contribution in [3.8, 4) is 23.4 Å². The highest BCUT2D eigenvalue weighted by atomic mass is 16.5. The van der Waals surface area contributed by atoms with Gasteiger partial charge in [-0.25, -0.2) is 4.98 Å². The number of amides is 1. The van der Waals surface area contributed by atoms with Gasteiger partial charge in [-0.05, 0) is 62.7 Å². The molecule has 43 heavy (non-hydrogen) atoms. The Morgan fingerprint density at radius 1 is 1.12 bits per heavy atom. The second-order valence-electron chi connectivity index (χ2n) is 10.8. The van der Waals surface area contributed by atoms with E-state index in [0.29, 0.717) is 57.5 Å². The molecule has 2 fully saturated rings. The molecule has 0 saturated carbocycles. The van der Waals surface area contributed by atoms with Crippen LogP contribution in [0.25, 0.3) is 10.9 Å². The van der Waals surface area contributed by atoms with E-state index >= 15 is 0 Å². The highest BCUT2D eigenvalue weighted by Crippen LogP contribution is 2.37. The van der Waals surface area contributed by atoms with Crippen LogP contribution in [0.15, 0.2) is 78.6 Å². The maximum atomic E-state index is 13.1. The molecule has 2 aliphatic heterocycles. The van der Waals surface area contributed by atoms with Crippen LogP contribution in [-0.2, 0) is 4.79 Å². The average molecular weight is 576 g/mol. The zero-order valence-electron chi connectivity index (χ0n) is 24.0. The van der Waals surface area contributed by atoms with E-state index in [1.54, 1.807) is 24.5 Å². The number of ether oxygens (including phenoxy) is 2. The number of carbonyl (C=O) groups is 1. The molecule has 10 nitrogen and oxygen atoms in total. The van der Waals surface area contributed by atoms with Crippen LogP contribution in [0, 0.1) is 11.3 Å². The first-order chi connectivity index (χ1) is 21.0. The number of nitrogens with zero attached hydrogens (tertiary/aromatic N) is 4. The zero-order valence-corrected chi connectivity index (χ0v) is 24.0. The number of anilines is 3. The number of aromatic nitrogens is 2. The smallest absolute Gasteiger partial charge is 0.248 e. The Labute approximate surface area is 250 Å². The lowest BCUT2D eigenvalue weighted by Gasteiger charge is -2.30. The van der Waals surface area contributed by atoms with Crippen LogP contribution >= 0.6 is 0 Å². The van der Waals surface area contributed by atoms with Crippen molar-refractivity contribution in [3.05, 3.63) is 84.2 Å². The summed E-state index contributed by atoms with van der Waals surface area (Å²) < 4.78 is 12.3. The van der Waals surface area contributed by atoms with Crippen molar-refractivity contribution >= 4 is 33.9 Å². The Hall–Kier alpha value is -4.98. The minimum atomic E-state index is -0.219. The molecule has 0 aliphatic carbocycles. The largest absolute Gasteiger partial charge is 0.488 e. The third-order valence-corrected chi connectivity index (χ3v) is 7.59. The summed E-state index contributed by atoms with van der Waals surface area (Å²) in [6, 6.07) is 18.9. The minimum absolute atomic E-state index is 0.0281. The first-order valence-corrected chi connectivity index (χ1v) is 14.4. The van der Waals surface area contributed by atoms with Crippen molar-refractivity contribution < 1.29 is 14.3 Å². The summed E-state index contributed by atoms with van der Waals surface area (Å²) in [6.07, 6.45) is 7.49. The van der Waals surface area contributed by atoms with E-state index in [1.165, 1.54) is 0 Å². The summed E-state index contributed by atoms with van der Waals surface area (Å²) >= 11 is 0. The number of nitrogens with one attached hydrogen (secondary N) is 3. The van der Waals surface area contributed by atoms with Gasteiger partial charge in [0.05, 0.1) is 34.3 Å².